The second-order valence-electron chi connectivity index (χ2n) is 15.0. The number of carboxylic acid groups (broad SMARTS) is 1. The zero-order valence-corrected chi connectivity index (χ0v) is 22.6. The molecule has 5 aliphatic rings. The lowest BCUT2D eigenvalue weighted by atomic mass is 9.33. The van der Waals surface area contributed by atoms with Gasteiger partial charge >= 0.3 is 5.97 Å². The SMILES string of the molecule is CC1(C)CC[C@]2(C(=O)O)CC[C@]3(C)C(=CC[C@@H]4[C@@]5(C)CC[C@H](O)C(C)(C)[C@@H]5CC[C@]43C)[C@H]2[C@@H]1O. The van der Waals surface area contributed by atoms with Gasteiger partial charge in [0.2, 0.25) is 0 Å². The van der Waals surface area contributed by atoms with E-state index in [1.807, 2.05) is 0 Å². The van der Waals surface area contributed by atoms with E-state index in [1.54, 1.807) is 0 Å². The number of rotatable bonds is 1. The molecule has 4 heteroatoms. The van der Waals surface area contributed by atoms with Crippen molar-refractivity contribution in [3.05, 3.63) is 11.6 Å². The van der Waals surface area contributed by atoms with Gasteiger partial charge in [0.15, 0.2) is 0 Å². The molecule has 9 atom stereocenters. The molecule has 0 bridgehead atoms. The van der Waals surface area contributed by atoms with Crippen molar-refractivity contribution >= 4 is 5.97 Å². The molecule has 4 nitrogen and oxygen atoms in total. The third-order valence-electron chi connectivity index (χ3n) is 13.3. The van der Waals surface area contributed by atoms with Crippen LogP contribution < -0.4 is 0 Å². The molecular formula is C30H48O4. The van der Waals surface area contributed by atoms with Crippen LogP contribution in [0.15, 0.2) is 11.6 Å². The van der Waals surface area contributed by atoms with Gasteiger partial charge in [-0.15, -0.1) is 0 Å². The highest BCUT2D eigenvalue weighted by Gasteiger charge is 2.70. The van der Waals surface area contributed by atoms with E-state index in [-0.39, 0.29) is 39.1 Å². The van der Waals surface area contributed by atoms with Gasteiger partial charge in [-0.2, -0.15) is 0 Å². The van der Waals surface area contributed by atoms with E-state index in [9.17, 15) is 20.1 Å². The Kier molecular flexibility index (Phi) is 5.20. The van der Waals surface area contributed by atoms with Crippen LogP contribution in [-0.4, -0.2) is 33.5 Å². The van der Waals surface area contributed by atoms with E-state index < -0.39 is 17.5 Å². The van der Waals surface area contributed by atoms with Gasteiger partial charge < -0.3 is 15.3 Å². The maximum Gasteiger partial charge on any atom is 0.310 e. The van der Waals surface area contributed by atoms with Gasteiger partial charge in [0.05, 0.1) is 17.6 Å². The Labute approximate surface area is 206 Å². The Morgan fingerprint density at radius 1 is 0.853 bits per heavy atom. The number of carbonyl (C=O) groups is 1. The second kappa shape index (κ2) is 7.12. The van der Waals surface area contributed by atoms with Crippen molar-refractivity contribution in [1.29, 1.82) is 0 Å². The van der Waals surface area contributed by atoms with Crippen molar-refractivity contribution in [3.63, 3.8) is 0 Å². The van der Waals surface area contributed by atoms with Crippen molar-refractivity contribution in [2.45, 2.75) is 118 Å². The smallest absolute Gasteiger partial charge is 0.310 e. The largest absolute Gasteiger partial charge is 0.481 e. The Morgan fingerprint density at radius 3 is 2.15 bits per heavy atom. The number of aliphatic hydroxyl groups is 2. The molecule has 0 unspecified atom stereocenters. The standard InChI is InChI=1S/C30H48O4/c1-25(2)14-16-30(24(33)34)17-15-28(6)18(22(30)23(25)32)8-9-20-27(5)12-11-21(31)26(3,4)19(27)10-13-29(20,28)7/h8,19-23,31-32H,9-17H2,1-7H3,(H,33,34)/t19-,20+,21-,22-,23-,27-,28+,29+,30-/m0/s1. The summed E-state index contributed by atoms with van der Waals surface area (Å²) in [6.07, 6.45) is 9.70. The lowest BCUT2D eigenvalue weighted by molar-refractivity contribution is -0.212. The van der Waals surface area contributed by atoms with Crippen LogP contribution in [0, 0.1) is 50.2 Å². The quantitative estimate of drug-likeness (QED) is 0.397. The lowest BCUT2D eigenvalue weighted by Crippen LogP contribution is -2.66. The van der Waals surface area contributed by atoms with Crippen LogP contribution in [0.4, 0.5) is 0 Å². The molecule has 4 saturated carbocycles. The zero-order chi connectivity index (χ0) is 25.1. The van der Waals surface area contributed by atoms with Gasteiger partial charge in [0.25, 0.3) is 0 Å². The van der Waals surface area contributed by atoms with E-state index in [4.69, 9.17) is 0 Å². The van der Waals surface area contributed by atoms with Crippen LogP contribution in [0.5, 0.6) is 0 Å². The highest BCUT2D eigenvalue weighted by atomic mass is 16.4. The zero-order valence-electron chi connectivity index (χ0n) is 22.6. The summed E-state index contributed by atoms with van der Waals surface area (Å²) in [5, 5.41) is 33.1. The molecule has 5 aliphatic carbocycles. The van der Waals surface area contributed by atoms with Crippen molar-refractivity contribution in [1.82, 2.24) is 0 Å². The molecule has 34 heavy (non-hydrogen) atoms. The van der Waals surface area contributed by atoms with Gasteiger partial charge in [0, 0.05) is 5.92 Å². The summed E-state index contributed by atoms with van der Waals surface area (Å²) in [5.41, 5.74) is 0.238. The third kappa shape index (κ3) is 2.76. The van der Waals surface area contributed by atoms with Crippen LogP contribution in [-0.2, 0) is 4.79 Å². The molecular weight excluding hydrogens is 424 g/mol. The van der Waals surface area contributed by atoms with Gasteiger partial charge in [-0.05, 0) is 96.7 Å². The molecule has 192 valence electrons. The Morgan fingerprint density at radius 2 is 1.50 bits per heavy atom. The van der Waals surface area contributed by atoms with Crippen LogP contribution in [0.1, 0.15) is 106 Å². The van der Waals surface area contributed by atoms with Gasteiger partial charge in [-0.1, -0.05) is 60.1 Å². The topological polar surface area (TPSA) is 77.8 Å². The average molecular weight is 473 g/mol. The lowest BCUT2D eigenvalue weighted by Gasteiger charge is -2.71. The molecule has 3 N–H and O–H groups in total. The summed E-state index contributed by atoms with van der Waals surface area (Å²) in [4.78, 5) is 12.8. The second-order valence-corrected chi connectivity index (χ2v) is 15.0. The molecule has 0 spiro atoms. The van der Waals surface area contributed by atoms with Gasteiger partial charge in [0.1, 0.15) is 0 Å². The van der Waals surface area contributed by atoms with E-state index >= 15 is 0 Å². The predicted octanol–water partition coefficient (Wildman–Crippen LogP) is 6.20. The van der Waals surface area contributed by atoms with Crippen LogP contribution in [0.3, 0.4) is 0 Å². The van der Waals surface area contributed by atoms with Crippen LogP contribution >= 0.6 is 0 Å². The summed E-state index contributed by atoms with van der Waals surface area (Å²) in [5.74, 6) is 0.0213. The molecule has 0 aromatic heterocycles. The van der Waals surface area contributed by atoms with Crippen molar-refractivity contribution in [2.75, 3.05) is 0 Å². The van der Waals surface area contributed by atoms with Crippen LogP contribution in [0.2, 0.25) is 0 Å². The fourth-order valence-corrected chi connectivity index (χ4v) is 10.6. The number of allylic oxidation sites excluding steroid dienone is 1. The highest BCUT2D eigenvalue weighted by molar-refractivity contribution is 5.77. The van der Waals surface area contributed by atoms with Crippen LogP contribution in [0.25, 0.3) is 0 Å². The first kappa shape index (κ1) is 24.8. The Bertz CT molecular complexity index is 919. The maximum atomic E-state index is 12.8. The molecule has 5 rings (SSSR count). The summed E-state index contributed by atoms with van der Waals surface area (Å²) in [6, 6.07) is 0. The molecule has 0 saturated heterocycles. The molecule has 4 fully saturated rings. The van der Waals surface area contributed by atoms with E-state index in [0.29, 0.717) is 24.7 Å². The van der Waals surface area contributed by atoms with Gasteiger partial charge in [-0.25, -0.2) is 0 Å². The number of carboxylic acids is 1. The normalized spacial score (nSPS) is 53.4. The van der Waals surface area contributed by atoms with Crippen molar-refractivity contribution in [2.24, 2.45) is 50.2 Å². The maximum absolute atomic E-state index is 12.8. The third-order valence-corrected chi connectivity index (χ3v) is 13.3. The predicted molar refractivity (Wildman–Crippen MR) is 134 cm³/mol. The first-order chi connectivity index (χ1) is 15.6. The number of hydrogen-bond donors (Lipinski definition) is 3. The summed E-state index contributed by atoms with van der Waals surface area (Å²) in [7, 11) is 0. The number of aliphatic carboxylic acids is 1. The first-order valence-electron chi connectivity index (χ1n) is 13.9. The minimum Gasteiger partial charge on any atom is -0.481 e. The fraction of sp³-hybridized carbons (Fsp3) is 0.900. The monoisotopic (exact) mass is 472 g/mol. The first-order valence-corrected chi connectivity index (χ1v) is 13.9. The minimum absolute atomic E-state index is 0.0756. The average Bonchev–Trinajstić information content (AvgIpc) is 2.74. The van der Waals surface area contributed by atoms with E-state index in [1.165, 1.54) is 5.57 Å². The van der Waals surface area contributed by atoms with Crippen molar-refractivity contribution in [3.8, 4) is 0 Å². The summed E-state index contributed by atoms with van der Waals surface area (Å²) < 4.78 is 0. The highest BCUT2D eigenvalue weighted by Crippen LogP contribution is 2.75. The molecule has 0 radical (unpaired) electrons. The minimum atomic E-state index is -0.832. The number of aliphatic hydroxyl groups excluding tert-OH is 2. The van der Waals surface area contributed by atoms with E-state index in [2.05, 4.69) is 54.5 Å². The van der Waals surface area contributed by atoms with E-state index in [0.717, 1.165) is 44.9 Å². The molecule has 0 heterocycles. The molecule has 0 amide bonds. The van der Waals surface area contributed by atoms with Crippen molar-refractivity contribution < 1.29 is 20.1 Å². The summed E-state index contributed by atoms with van der Waals surface area (Å²) >= 11 is 0. The Hall–Kier alpha value is -0.870. The fourth-order valence-electron chi connectivity index (χ4n) is 10.6. The van der Waals surface area contributed by atoms with Gasteiger partial charge in [-0.3, -0.25) is 4.79 Å². The summed E-state index contributed by atoms with van der Waals surface area (Å²) in [6.45, 7) is 16.2. The molecule has 0 aromatic carbocycles. The number of fused-ring (bicyclic) bond motifs is 7. The molecule has 0 aromatic rings. The Balaban J connectivity index is 1.62. The molecule has 0 aliphatic heterocycles. The number of hydrogen-bond acceptors (Lipinski definition) is 3.